The Labute approximate surface area is 108 Å². The number of hydrogen-bond acceptors (Lipinski definition) is 2. The fourth-order valence-electron chi connectivity index (χ4n) is 1.45. The van der Waals surface area contributed by atoms with E-state index in [2.05, 4.69) is 21.2 Å². The van der Waals surface area contributed by atoms with E-state index in [1.54, 1.807) is 24.3 Å². The van der Waals surface area contributed by atoms with Gasteiger partial charge in [-0.05, 0) is 36.4 Å². The number of carbonyl (C=O) groups is 1. The van der Waals surface area contributed by atoms with E-state index in [-0.39, 0.29) is 5.91 Å². The molecule has 2 rings (SSSR count). The van der Waals surface area contributed by atoms with Crippen LogP contribution in [0.1, 0.15) is 10.4 Å². The second kappa shape index (κ2) is 5.01. The van der Waals surface area contributed by atoms with Crippen LogP contribution >= 0.6 is 15.9 Å². The molecule has 4 heteroatoms. The quantitative estimate of drug-likeness (QED) is 0.834. The smallest absolute Gasteiger partial charge is 0.255 e. The summed E-state index contributed by atoms with van der Waals surface area (Å²) in [7, 11) is 0. The molecule has 0 aliphatic carbocycles. The Balaban J connectivity index is 2.17. The van der Waals surface area contributed by atoms with Gasteiger partial charge in [0.1, 0.15) is 0 Å². The molecule has 2 aromatic rings. The standard InChI is InChI=1S/C13H11BrN2O/c14-10-4-2-6-12(8-10)16-13(17)9-3-1-5-11(15)7-9/h1-8H,15H2,(H,16,17). The van der Waals surface area contributed by atoms with Crippen LogP contribution in [0, 0.1) is 0 Å². The van der Waals surface area contributed by atoms with Crippen LogP contribution in [0.15, 0.2) is 53.0 Å². The number of anilines is 2. The van der Waals surface area contributed by atoms with Crippen LogP contribution in [0.2, 0.25) is 0 Å². The topological polar surface area (TPSA) is 55.1 Å². The van der Waals surface area contributed by atoms with Crippen molar-refractivity contribution in [2.24, 2.45) is 0 Å². The fraction of sp³-hybridized carbons (Fsp3) is 0. The van der Waals surface area contributed by atoms with Crippen LogP contribution in [-0.2, 0) is 0 Å². The summed E-state index contributed by atoms with van der Waals surface area (Å²) in [6.07, 6.45) is 0. The Kier molecular flexibility index (Phi) is 3.44. The van der Waals surface area contributed by atoms with Crippen molar-refractivity contribution in [3.63, 3.8) is 0 Å². The van der Waals surface area contributed by atoms with E-state index in [4.69, 9.17) is 5.73 Å². The van der Waals surface area contributed by atoms with Gasteiger partial charge in [-0.2, -0.15) is 0 Å². The number of hydrogen-bond donors (Lipinski definition) is 2. The SMILES string of the molecule is Nc1cccc(C(=O)Nc2cccc(Br)c2)c1. The normalized spacial score (nSPS) is 9.94. The van der Waals surface area contributed by atoms with Crippen LogP contribution < -0.4 is 11.1 Å². The van der Waals surface area contributed by atoms with Gasteiger partial charge >= 0.3 is 0 Å². The maximum atomic E-state index is 11.9. The van der Waals surface area contributed by atoms with Crippen LogP contribution in [-0.4, -0.2) is 5.91 Å². The molecule has 0 atom stereocenters. The largest absolute Gasteiger partial charge is 0.399 e. The third kappa shape index (κ3) is 3.07. The number of nitrogens with one attached hydrogen (secondary N) is 1. The molecule has 0 saturated carbocycles. The lowest BCUT2D eigenvalue weighted by Gasteiger charge is -2.06. The third-order valence-corrected chi connectivity index (χ3v) is 2.72. The van der Waals surface area contributed by atoms with Crippen molar-refractivity contribution < 1.29 is 4.79 Å². The van der Waals surface area contributed by atoms with Crippen molar-refractivity contribution in [1.29, 1.82) is 0 Å². The lowest BCUT2D eigenvalue weighted by molar-refractivity contribution is 0.102. The minimum atomic E-state index is -0.171. The van der Waals surface area contributed by atoms with Crippen molar-refractivity contribution >= 4 is 33.2 Å². The highest BCUT2D eigenvalue weighted by Gasteiger charge is 2.05. The monoisotopic (exact) mass is 290 g/mol. The first-order valence-electron chi connectivity index (χ1n) is 5.07. The van der Waals surface area contributed by atoms with E-state index in [0.717, 1.165) is 10.2 Å². The van der Waals surface area contributed by atoms with Gasteiger partial charge in [0.05, 0.1) is 0 Å². The van der Waals surface area contributed by atoms with E-state index < -0.39 is 0 Å². The highest BCUT2D eigenvalue weighted by atomic mass is 79.9. The number of nitrogen functional groups attached to an aromatic ring is 1. The minimum Gasteiger partial charge on any atom is -0.399 e. The minimum absolute atomic E-state index is 0.171. The predicted molar refractivity (Wildman–Crippen MR) is 72.9 cm³/mol. The summed E-state index contributed by atoms with van der Waals surface area (Å²) >= 11 is 3.35. The maximum Gasteiger partial charge on any atom is 0.255 e. The van der Waals surface area contributed by atoms with Crippen LogP contribution in [0.5, 0.6) is 0 Å². The van der Waals surface area contributed by atoms with E-state index in [1.807, 2.05) is 24.3 Å². The molecule has 0 unspecified atom stereocenters. The number of halogens is 1. The van der Waals surface area contributed by atoms with E-state index in [0.29, 0.717) is 11.3 Å². The molecule has 0 heterocycles. The van der Waals surface area contributed by atoms with Gasteiger partial charge in [0.15, 0.2) is 0 Å². The van der Waals surface area contributed by atoms with Gasteiger partial charge in [-0.25, -0.2) is 0 Å². The molecule has 1 amide bonds. The lowest BCUT2D eigenvalue weighted by Crippen LogP contribution is -2.11. The summed E-state index contributed by atoms with van der Waals surface area (Å²) in [6.45, 7) is 0. The van der Waals surface area contributed by atoms with E-state index >= 15 is 0 Å². The molecule has 17 heavy (non-hydrogen) atoms. The Bertz CT molecular complexity index is 555. The summed E-state index contributed by atoms with van der Waals surface area (Å²) in [5.74, 6) is -0.171. The molecule has 3 N–H and O–H groups in total. The van der Waals surface area contributed by atoms with Crippen molar-refractivity contribution in [2.75, 3.05) is 11.1 Å². The van der Waals surface area contributed by atoms with Gasteiger partial charge in [0, 0.05) is 21.4 Å². The fourth-order valence-corrected chi connectivity index (χ4v) is 1.85. The molecule has 0 aliphatic rings. The van der Waals surface area contributed by atoms with E-state index in [9.17, 15) is 4.79 Å². The second-order valence-corrected chi connectivity index (χ2v) is 4.51. The highest BCUT2D eigenvalue weighted by molar-refractivity contribution is 9.10. The zero-order chi connectivity index (χ0) is 12.3. The van der Waals surface area contributed by atoms with Gasteiger partial charge < -0.3 is 11.1 Å². The molecular weight excluding hydrogens is 280 g/mol. The van der Waals surface area contributed by atoms with E-state index in [1.165, 1.54) is 0 Å². The molecular formula is C13H11BrN2O. The maximum absolute atomic E-state index is 11.9. The Morgan fingerprint density at radius 2 is 1.88 bits per heavy atom. The summed E-state index contributed by atoms with van der Waals surface area (Å²) in [5, 5.41) is 2.80. The zero-order valence-corrected chi connectivity index (χ0v) is 10.6. The molecule has 0 radical (unpaired) electrons. The molecule has 0 aliphatic heterocycles. The molecule has 2 aromatic carbocycles. The van der Waals surface area contributed by atoms with Crippen molar-refractivity contribution in [1.82, 2.24) is 0 Å². The van der Waals surface area contributed by atoms with Crippen molar-refractivity contribution in [3.8, 4) is 0 Å². The molecule has 0 spiro atoms. The average Bonchev–Trinajstić information content (AvgIpc) is 2.29. The molecule has 0 saturated heterocycles. The first-order chi connectivity index (χ1) is 8.15. The number of benzene rings is 2. The van der Waals surface area contributed by atoms with Gasteiger partial charge in [-0.3, -0.25) is 4.79 Å². The number of nitrogens with two attached hydrogens (primary N) is 1. The Morgan fingerprint density at radius 3 is 2.59 bits per heavy atom. The van der Waals surface area contributed by atoms with Crippen LogP contribution in [0.4, 0.5) is 11.4 Å². The number of amides is 1. The van der Waals surface area contributed by atoms with Gasteiger partial charge in [0.25, 0.3) is 5.91 Å². The molecule has 0 fully saturated rings. The highest BCUT2D eigenvalue weighted by Crippen LogP contribution is 2.17. The van der Waals surface area contributed by atoms with Crippen LogP contribution in [0.3, 0.4) is 0 Å². The zero-order valence-electron chi connectivity index (χ0n) is 8.98. The molecule has 0 aromatic heterocycles. The van der Waals surface area contributed by atoms with Crippen molar-refractivity contribution in [3.05, 3.63) is 58.6 Å². The summed E-state index contributed by atoms with van der Waals surface area (Å²) in [4.78, 5) is 11.9. The first-order valence-corrected chi connectivity index (χ1v) is 5.87. The van der Waals surface area contributed by atoms with Gasteiger partial charge in [-0.15, -0.1) is 0 Å². The molecule has 86 valence electrons. The van der Waals surface area contributed by atoms with Crippen molar-refractivity contribution in [2.45, 2.75) is 0 Å². The first kappa shape index (κ1) is 11.7. The second-order valence-electron chi connectivity index (χ2n) is 3.59. The van der Waals surface area contributed by atoms with Crippen LogP contribution in [0.25, 0.3) is 0 Å². The Morgan fingerprint density at radius 1 is 1.12 bits per heavy atom. The summed E-state index contributed by atoms with van der Waals surface area (Å²) < 4.78 is 0.919. The van der Waals surface area contributed by atoms with Gasteiger partial charge in [0.2, 0.25) is 0 Å². The average molecular weight is 291 g/mol. The molecule has 3 nitrogen and oxygen atoms in total. The predicted octanol–water partition coefficient (Wildman–Crippen LogP) is 3.28. The lowest BCUT2D eigenvalue weighted by atomic mass is 10.2. The molecule has 0 bridgehead atoms. The third-order valence-electron chi connectivity index (χ3n) is 2.23. The summed E-state index contributed by atoms with van der Waals surface area (Å²) in [5.41, 5.74) is 7.49. The van der Waals surface area contributed by atoms with Gasteiger partial charge in [-0.1, -0.05) is 28.1 Å². The Hall–Kier alpha value is -1.81. The summed E-state index contributed by atoms with van der Waals surface area (Å²) in [6, 6.07) is 14.3. The number of carbonyl (C=O) groups excluding carboxylic acids is 1. The number of rotatable bonds is 2.